The number of benzene rings is 1. The molecule has 0 fully saturated rings. The lowest BCUT2D eigenvalue weighted by Crippen LogP contribution is -2.11. The normalized spacial score (nSPS) is 10.8. The van der Waals surface area contributed by atoms with Crippen LogP contribution in [0.2, 0.25) is 0 Å². The van der Waals surface area contributed by atoms with Crippen molar-refractivity contribution in [2.75, 3.05) is 5.32 Å². The van der Waals surface area contributed by atoms with Crippen molar-refractivity contribution in [1.82, 2.24) is 4.98 Å². The Labute approximate surface area is 146 Å². The number of pyridine rings is 1. The summed E-state index contributed by atoms with van der Waals surface area (Å²) in [7, 11) is 0. The second-order valence-corrected chi connectivity index (χ2v) is 5.40. The number of aryl methyl sites for hydroxylation is 1. The van der Waals surface area contributed by atoms with Crippen LogP contribution in [0.25, 0.3) is 6.08 Å². The van der Waals surface area contributed by atoms with E-state index in [0.717, 1.165) is 11.1 Å². The van der Waals surface area contributed by atoms with Crippen LogP contribution in [0.1, 0.15) is 16.9 Å². The van der Waals surface area contributed by atoms with E-state index in [1.807, 2.05) is 31.2 Å². The number of amides is 1. The van der Waals surface area contributed by atoms with Crippen molar-refractivity contribution in [2.24, 2.45) is 0 Å². The first-order valence-electron chi connectivity index (χ1n) is 7.87. The predicted octanol–water partition coefficient (Wildman–Crippen LogP) is 4.21. The van der Waals surface area contributed by atoms with E-state index in [0.29, 0.717) is 23.9 Å². The molecule has 0 unspecified atom stereocenters. The number of furan rings is 1. The molecule has 1 aromatic carbocycles. The molecule has 2 heterocycles. The van der Waals surface area contributed by atoms with Crippen molar-refractivity contribution in [2.45, 2.75) is 13.5 Å². The van der Waals surface area contributed by atoms with Gasteiger partial charge in [0.05, 0.1) is 6.26 Å². The Morgan fingerprint density at radius 3 is 2.88 bits per heavy atom. The second kappa shape index (κ2) is 7.97. The van der Waals surface area contributed by atoms with Crippen LogP contribution in [-0.2, 0) is 11.4 Å². The molecule has 0 saturated carbocycles. The van der Waals surface area contributed by atoms with Gasteiger partial charge in [0.2, 0.25) is 5.91 Å². The van der Waals surface area contributed by atoms with Crippen molar-refractivity contribution >= 4 is 17.8 Å². The fourth-order valence-corrected chi connectivity index (χ4v) is 2.23. The van der Waals surface area contributed by atoms with Gasteiger partial charge in [-0.25, -0.2) is 4.98 Å². The molecule has 0 spiro atoms. The Morgan fingerprint density at radius 2 is 2.08 bits per heavy atom. The Balaban J connectivity index is 1.66. The van der Waals surface area contributed by atoms with E-state index in [1.165, 1.54) is 6.08 Å². The minimum absolute atomic E-state index is 0.309. The smallest absolute Gasteiger partial charge is 0.249 e. The van der Waals surface area contributed by atoms with Gasteiger partial charge < -0.3 is 14.5 Å². The molecule has 25 heavy (non-hydrogen) atoms. The standard InChI is InChI=1S/C20H18N2O3/c1-15-6-2-3-7-16(15)14-25-18-9-4-12-21-20(18)22-19(23)11-10-17-8-5-13-24-17/h2-13H,14H2,1H3,(H,21,22,23)/b11-10+. The molecule has 5 nitrogen and oxygen atoms in total. The molecule has 0 aliphatic carbocycles. The summed E-state index contributed by atoms with van der Waals surface area (Å²) in [6.45, 7) is 2.44. The van der Waals surface area contributed by atoms with Gasteiger partial charge >= 0.3 is 0 Å². The molecule has 3 rings (SSSR count). The summed E-state index contributed by atoms with van der Waals surface area (Å²) in [5, 5.41) is 2.72. The zero-order chi connectivity index (χ0) is 17.5. The number of carbonyl (C=O) groups is 1. The summed E-state index contributed by atoms with van der Waals surface area (Å²) in [6.07, 6.45) is 6.13. The van der Waals surface area contributed by atoms with Crippen molar-refractivity contribution < 1.29 is 13.9 Å². The van der Waals surface area contributed by atoms with Gasteiger partial charge in [0.15, 0.2) is 11.6 Å². The van der Waals surface area contributed by atoms with Gasteiger partial charge in [-0.1, -0.05) is 24.3 Å². The second-order valence-electron chi connectivity index (χ2n) is 5.40. The molecule has 0 aliphatic rings. The highest BCUT2D eigenvalue weighted by Gasteiger charge is 2.08. The van der Waals surface area contributed by atoms with Crippen molar-refractivity contribution in [3.63, 3.8) is 0 Å². The molecule has 5 heteroatoms. The molecule has 1 amide bonds. The van der Waals surface area contributed by atoms with Crippen LogP contribution in [0, 0.1) is 6.92 Å². The summed E-state index contributed by atoms with van der Waals surface area (Å²) in [5.74, 6) is 1.19. The third-order valence-corrected chi connectivity index (χ3v) is 3.60. The monoisotopic (exact) mass is 334 g/mol. The number of aromatic nitrogens is 1. The highest BCUT2D eigenvalue weighted by Crippen LogP contribution is 2.22. The molecule has 0 saturated heterocycles. The molecule has 3 aromatic rings. The number of carbonyl (C=O) groups excluding carboxylic acids is 1. The number of hydrogen-bond acceptors (Lipinski definition) is 4. The van der Waals surface area contributed by atoms with Crippen LogP contribution in [0.15, 0.2) is 71.5 Å². The molecular weight excluding hydrogens is 316 g/mol. The molecule has 126 valence electrons. The molecule has 0 bridgehead atoms. The van der Waals surface area contributed by atoms with Gasteiger partial charge in [-0.2, -0.15) is 0 Å². The highest BCUT2D eigenvalue weighted by molar-refractivity contribution is 6.01. The minimum Gasteiger partial charge on any atom is -0.485 e. The molecule has 2 aromatic heterocycles. The first-order chi connectivity index (χ1) is 12.2. The van der Waals surface area contributed by atoms with E-state index in [2.05, 4.69) is 10.3 Å². The Hall–Kier alpha value is -3.34. The number of anilines is 1. The van der Waals surface area contributed by atoms with Crippen molar-refractivity contribution in [3.05, 3.63) is 84.0 Å². The number of rotatable bonds is 6. The van der Waals surface area contributed by atoms with Gasteiger partial charge in [0.25, 0.3) is 0 Å². The van der Waals surface area contributed by atoms with Crippen molar-refractivity contribution in [1.29, 1.82) is 0 Å². The molecule has 1 N–H and O–H groups in total. The lowest BCUT2D eigenvalue weighted by atomic mass is 10.1. The van der Waals surface area contributed by atoms with E-state index in [-0.39, 0.29) is 5.91 Å². The van der Waals surface area contributed by atoms with Crippen LogP contribution in [-0.4, -0.2) is 10.9 Å². The average Bonchev–Trinajstić information content (AvgIpc) is 3.14. The first-order valence-corrected chi connectivity index (χ1v) is 7.87. The first kappa shape index (κ1) is 16.5. The Bertz CT molecular complexity index is 870. The third-order valence-electron chi connectivity index (χ3n) is 3.60. The van der Waals surface area contributed by atoms with E-state index < -0.39 is 0 Å². The SMILES string of the molecule is Cc1ccccc1COc1cccnc1NC(=O)/C=C/c1ccco1. The molecular formula is C20H18N2O3. The van der Waals surface area contributed by atoms with Gasteiger partial charge in [0.1, 0.15) is 12.4 Å². The summed E-state index contributed by atoms with van der Waals surface area (Å²) >= 11 is 0. The molecule has 0 aliphatic heterocycles. The van der Waals surface area contributed by atoms with Crippen LogP contribution in [0.4, 0.5) is 5.82 Å². The fraction of sp³-hybridized carbons (Fsp3) is 0.100. The third kappa shape index (κ3) is 4.57. The van der Waals surface area contributed by atoms with Gasteiger partial charge in [-0.05, 0) is 48.4 Å². The van der Waals surface area contributed by atoms with Crippen LogP contribution < -0.4 is 10.1 Å². The Kier molecular flexibility index (Phi) is 5.26. The van der Waals surface area contributed by atoms with E-state index in [9.17, 15) is 4.79 Å². The summed E-state index contributed by atoms with van der Waals surface area (Å²) < 4.78 is 11.0. The van der Waals surface area contributed by atoms with Gasteiger partial charge in [0, 0.05) is 12.3 Å². The van der Waals surface area contributed by atoms with Gasteiger partial charge in [-0.15, -0.1) is 0 Å². The zero-order valence-corrected chi connectivity index (χ0v) is 13.8. The minimum atomic E-state index is -0.309. The maximum absolute atomic E-state index is 12.1. The lowest BCUT2D eigenvalue weighted by Gasteiger charge is -2.11. The Morgan fingerprint density at radius 1 is 1.20 bits per heavy atom. The van der Waals surface area contributed by atoms with Crippen LogP contribution in [0.5, 0.6) is 5.75 Å². The lowest BCUT2D eigenvalue weighted by molar-refractivity contribution is -0.111. The highest BCUT2D eigenvalue weighted by atomic mass is 16.5. The summed E-state index contributed by atoms with van der Waals surface area (Å²) in [4.78, 5) is 16.2. The van der Waals surface area contributed by atoms with E-state index in [1.54, 1.807) is 42.8 Å². The fourth-order valence-electron chi connectivity index (χ4n) is 2.23. The van der Waals surface area contributed by atoms with Crippen LogP contribution in [0.3, 0.4) is 0 Å². The van der Waals surface area contributed by atoms with E-state index in [4.69, 9.17) is 9.15 Å². The van der Waals surface area contributed by atoms with E-state index >= 15 is 0 Å². The van der Waals surface area contributed by atoms with Crippen molar-refractivity contribution in [3.8, 4) is 5.75 Å². The largest absolute Gasteiger partial charge is 0.485 e. The zero-order valence-electron chi connectivity index (χ0n) is 13.8. The maximum atomic E-state index is 12.1. The average molecular weight is 334 g/mol. The summed E-state index contributed by atoms with van der Waals surface area (Å²) in [5.41, 5.74) is 2.24. The number of hydrogen-bond donors (Lipinski definition) is 1. The van der Waals surface area contributed by atoms with Gasteiger partial charge in [-0.3, -0.25) is 4.79 Å². The maximum Gasteiger partial charge on any atom is 0.249 e. The molecule has 0 atom stereocenters. The summed E-state index contributed by atoms with van der Waals surface area (Å²) in [6, 6.07) is 15.1. The number of ether oxygens (including phenoxy) is 1. The predicted molar refractivity (Wildman–Crippen MR) is 96.1 cm³/mol. The quantitative estimate of drug-likeness (QED) is 0.686. The topological polar surface area (TPSA) is 64.4 Å². The van der Waals surface area contributed by atoms with Crippen LogP contribution >= 0.6 is 0 Å². The number of nitrogens with one attached hydrogen (secondary N) is 1. The molecule has 0 radical (unpaired) electrons. The number of nitrogens with zero attached hydrogens (tertiary/aromatic N) is 1.